The second-order valence-corrected chi connectivity index (χ2v) is 4.47. The largest absolute Gasteiger partial charge is 0.335 e. The van der Waals surface area contributed by atoms with E-state index in [1.807, 2.05) is 24.0 Å². The quantitative estimate of drug-likeness (QED) is 0.874. The molecule has 2 aromatic rings. The molecule has 1 unspecified atom stereocenters. The Morgan fingerprint density at radius 3 is 2.78 bits per heavy atom. The molecule has 0 bridgehead atoms. The van der Waals surface area contributed by atoms with Crippen molar-refractivity contribution in [3.8, 4) is 0 Å². The number of aromatic nitrogens is 4. The Kier molecular flexibility index (Phi) is 3.81. The van der Waals surface area contributed by atoms with Crippen molar-refractivity contribution < 1.29 is 0 Å². The van der Waals surface area contributed by atoms with Gasteiger partial charge in [0, 0.05) is 31.9 Å². The number of imidazole rings is 1. The van der Waals surface area contributed by atoms with E-state index in [9.17, 15) is 0 Å². The van der Waals surface area contributed by atoms with Gasteiger partial charge in [-0.25, -0.2) is 4.98 Å². The zero-order chi connectivity index (χ0) is 13.1. The summed E-state index contributed by atoms with van der Waals surface area (Å²) in [5.41, 5.74) is 8.38. The van der Waals surface area contributed by atoms with E-state index >= 15 is 0 Å². The van der Waals surface area contributed by atoms with E-state index in [4.69, 9.17) is 5.73 Å². The van der Waals surface area contributed by atoms with Crippen molar-refractivity contribution in [2.45, 2.75) is 46.3 Å². The Balaban J connectivity index is 2.18. The third kappa shape index (κ3) is 2.46. The number of hydrogen-bond acceptors (Lipinski definition) is 3. The summed E-state index contributed by atoms with van der Waals surface area (Å²) in [5, 5.41) is 4.43. The van der Waals surface area contributed by atoms with Gasteiger partial charge >= 0.3 is 0 Å². The maximum absolute atomic E-state index is 6.29. The lowest BCUT2D eigenvalue weighted by molar-refractivity contribution is 0.548. The molecule has 0 saturated carbocycles. The lowest BCUT2D eigenvalue weighted by Gasteiger charge is -2.13. The van der Waals surface area contributed by atoms with Crippen LogP contribution in [-0.4, -0.2) is 19.3 Å². The Morgan fingerprint density at radius 1 is 1.33 bits per heavy atom. The van der Waals surface area contributed by atoms with E-state index < -0.39 is 0 Å². The van der Waals surface area contributed by atoms with E-state index in [2.05, 4.69) is 34.6 Å². The highest BCUT2D eigenvalue weighted by atomic mass is 15.3. The summed E-state index contributed by atoms with van der Waals surface area (Å²) >= 11 is 0. The molecule has 2 aromatic heterocycles. The molecule has 0 fully saturated rings. The lowest BCUT2D eigenvalue weighted by Crippen LogP contribution is -2.20. The molecule has 0 aliphatic carbocycles. The summed E-state index contributed by atoms with van der Waals surface area (Å²) in [4.78, 5) is 4.37. The Morgan fingerprint density at radius 2 is 2.11 bits per heavy atom. The average Bonchev–Trinajstić information content (AvgIpc) is 2.94. The van der Waals surface area contributed by atoms with Gasteiger partial charge in [-0.15, -0.1) is 0 Å². The van der Waals surface area contributed by atoms with Gasteiger partial charge in [0.05, 0.1) is 17.4 Å². The van der Waals surface area contributed by atoms with Crippen LogP contribution in [0.25, 0.3) is 0 Å². The zero-order valence-electron chi connectivity index (χ0n) is 11.3. The first kappa shape index (κ1) is 12.8. The molecule has 0 radical (unpaired) electrons. The maximum atomic E-state index is 6.29. The number of rotatable bonds is 5. The highest BCUT2D eigenvalue weighted by molar-refractivity contribution is 5.14. The van der Waals surface area contributed by atoms with Gasteiger partial charge in [0.15, 0.2) is 0 Å². The van der Waals surface area contributed by atoms with Gasteiger partial charge in [-0.2, -0.15) is 5.10 Å². The number of nitrogens with zero attached hydrogens (tertiary/aromatic N) is 4. The molecular weight excluding hydrogens is 226 g/mol. The molecule has 5 heteroatoms. The van der Waals surface area contributed by atoms with Crippen molar-refractivity contribution in [3.05, 3.63) is 35.7 Å². The van der Waals surface area contributed by atoms with E-state index in [0.29, 0.717) is 0 Å². The molecule has 98 valence electrons. The second kappa shape index (κ2) is 5.35. The SMILES string of the molecule is CCn1ccnc1CC(N)c1cc(C)nn1CC. The van der Waals surface area contributed by atoms with Crippen molar-refractivity contribution in [3.63, 3.8) is 0 Å². The van der Waals surface area contributed by atoms with Crippen molar-refractivity contribution in [1.82, 2.24) is 19.3 Å². The maximum Gasteiger partial charge on any atom is 0.110 e. The van der Waals surface area contributed by atoms with Gasteiger partial charge in [-0.05, 0) is 26.8 Å². The normalized spacial score (nSPS) is 12.9. The van der Waals surface area contributed by atoms with Crippen molar-refractivity contribution in [2.75, 3.05) is 0 Å². The van der Waals surface area contributed by atoms with E-state index in [1.54, 1.807) is 0 Å². The summed E-state index contributed by atoms with van der Waals surface area (Å²) in [6.07, 6.45) is 4.56. The summed E-state index contributed by atoms with van der Waals surface area (Å²) in [6.45, 7) is 7.95. The van der Waals surface area contributed by atoms with Gasteiger partial charge in [0.1, 0.15) is 5.82 Å². The highest BCUT2D eigenvalue weighted by Crippen LogP contribution is 2.16. The van der Waals surface area contributed by atoms with E-state index in [1.165, 1.54) is 0 Å². The van der Waals surface area contributed by atoms with Crippen LogP contribution >= 0.6 is 0 Å². The minimum absolute atomic E-state index is 0.0566. The summed E-state index contributed by atoms with van der Waals surface area (Å²) < 4.78 is 4.10. The number of hydrogen-bond donors (Lipinski definition) is 1. The van der Waals surface area contributed by atoms with Crippen LogP contribution in [0.3, 0.4) is 0 Å². The fourth-order valence-corrected chi connectivity index (χ4v) is 2.24. The molecule has 5 nitrogen and oxygen atoms in total. The van der Waals surface area contributed by atoms with Crippen molar-refractivity contribution in [1.29, 1.82) is 0 Å². The second-order valence-electron chi connectivity index (χ2n) is 4.47. The first-order valence-electron chi connectivity index (χ1n) is 6.45. The molecule has 2 rings (SSSR count). The summed E-state index contributed by atoms with van der Waals surface area (Å²) in [7, 11) is 0. The molecule has 0 aliphatic rings. The van der Waals surface area contributed by atoms with E-state index in [0.717, 1.165) is 36.7 Å². The molecule has 0 aliphatic heterocycles. The molecule has 0 spiro atoms. The van der Waals surface area contributed by atoms with Crippen LogP contribution in [0.2, 0.25) is 0 Å². The highest BCUT2D eigenvalue weighted by Gasteiger charge is 2.15. The smallest absolute Gasteiger partial charge is 0.110 e. The summed E-state index contributed by atoms with van der Waals surface area (Å²) in [5.74, 6) is 1.03. The van der Waals surface area contributed by atoms with Crippen LogP contribution in [0.5, 0.6) is 0 Å². The monoisotopic (exact) mass is 247 g/mol. The minimum Gasteiger partial charge on any atom is -0.335 e. The van der Waals surface area contributed by atoms with Crippen LogP contribution < -0.4 is 5.73 Å². The fourth-order valence-electron chi connectivity index (χ4n) is 2.24. The third-order valence-electron chi connectivity index (χ3n) is 3.16. The van der Waals surface area contributed by atoms with Crippen LogP contribution in [0.1, 0.15) is 37.1 Å². The van der Waals surface area contributed by atoms with Crippen LogP contribution in [0.15, 0.2) is 18.5 Å². The molecule has 18 heavy (non-hydrogen) atoms. The van der Waals surface area contributed by atoms with Crippen molar-refractivity contribution >= 4 is 0 Å². The molecular formula is C13H21N5. The van der Waals surface area contributed by atoms with Gasteiger partial charge in [-0.1, -0.05) is 0 Å². The lowest BCUT2D eigenvalue weighted by atomic mass is 10.1. The van der Waals surface area contributed by atoms with Crippen LogP contribution in [0.4, 0.5) is 0 Å². The minimum atomic E-state index is -0.0566. The molecule has 0 saturated heterocycles. The van der Waals surface area contributed by atoms with Gasteiger partial charge in [0.2, 0.25) is 0 Å². The Hall–Kier alpha value is -1.62. The first-order chi connectivity index (χ1) is 8.65. The topological polar surface area (TPSA) is 61.7 Å². The standard InChI is InChI=1S/C13H21N5/c1-4-17-7-6-15-13(17)9-11(14)12-8-10(3)16-18(12)5-2/h6-8,11H,4-5,9,14H2,1-3H3. The number of aryl methyl sites for hydroxylation is 3. The molecule has 1 atom stereocenters. The predicted octanol–water partition coefficient (Wildman–Crippen LogP) is 1.67. The van der Waals surface area contributed by atoms with Gasteiger partial charge < -0.3 is 10.3 Å². The summed E-state index contributed by atoms with van der Waals surface area (Å²) in [6, 6.07) is 2.01. The molecule has 2 N–H and O–H groups in total. The van der Waals surface area contributed by atoms with Gasteiger partial charge in [0.25, 0.3) is 0 Å². The zero-order valence-corrected chi connectivity index (χ0v) is 11.3. The first-order valence-corrected chi connectivity index (χ1v) is 6.45. The molecule has 0 aromatic carbocycles. The van der Waals surface area contributed by atoms with Crippen LogP contribution in [-0.2, 0) is 19.5 Å². The average molecular weight is 247 g/mol. The van der Waals surface area contributed by atoms with Crippen LogP contribution in [0, 0.1) is 6.92 Å². The Bertz CT molecular complexity index is 511. The molecule has 2 heterocycles. The fraction of sp³-hybridized carbons (Fsp3) is 0.538. The van der Waals surface area contributed by atoms with Gasteiger partial charge in [-0.3, -0.25) is 4.68 Å². The van der Waals surface area contributed by atoms with E-state index in [-0.39, 0.29) is 6.04 Å². The molecule has 0 amide bonds. The Labute approximate surface area is 108 Å². The number of nitrogens with two attached hydrogens (primary N) is 1. The predicted molar refractivity (Wildman–Crippen MR) is 71.2 cm³/mol. The van der Waals surface area contributed by atoms with Crippen molar-refractivity contribution in [2.24, 2.45) is 5.73 Å². The third-order valence-corrected chi connectivity index (χ3v) is 3.16.